The number of nitrogens with zero attached hydrogens (tertiary/aromatic N) is 2. The molecule has 1 N–H and O–H groups in total. The standard InChI is InChI=1S/C23H29N3O3/c1-16-13-17(2)23(18(3)14-16)24-22(28)15-29-21-7-5-20(6-8-21)26-11-9-25(10-12-26)19(4)27/h5-8,13-14H,9-12,15H2,1-4H3,(H,24,28). The van der Waals surface area contributed by atoms with Crippen molar-refractivity contribution in [1.29, 1.82) is 0 Å². The third kappa shape index (κ3) is 5.28. The molecule has 0 bridgehead atoms. The molecule has 1 fully saturated rings. The van der Waals surface area contributed by atoms with Crippen LogP contribution in [0.2, 0.25) is 0 Å². The lowest BCUT2D eigenvalue weighted by Gasteiger charge is -2.35. The highest BCUT2D eigenvalue weighted by atomic mass is 16.5. The molecule has 0 atom stereocenters. The Balaban J connectivity index is 1.52. The van der Waals surface area contributed by atoms with Crippen LogP contribution in [0.25, 0.3) is 0 Å². The molecular weight excluding hydrogens is 366 g/mol. The predicted octanol–water partition coefficient (Wildman–Crippen LogP) is 3.30. The monoisotopic (exact) mass is 395 g/mol. The fourth-order valence-electron chi connectivity index (χ4n) is 3.73. The van der Waals surface area contributed by atoms with E-state index in [4.69, 9.17) is 4.74 Å². The molecule has 1 saturated heterocycles. The molecule has 29 heavy (non-hydrogen) atoms. The summed E-state index contributed by atoms with van der Waals surface area (Å²) in [5.41, 5.74) is 5.22. The van der Waals surface area contributed by atoms with Crippen LogP contribution in [0, 0.1) is 20.8 Å². The van der Waals surface area contributed by atoms with Crippen molar-refractivity contribution in [1.82, 2.24) is 4.90 Å². The van der Waals surface area contributed by atoms with Crippen LogP contribution in [0.15, 0.2) is 36.4 Å². The molecule has 0 aliphatic carbocycles. The quantitative estimate of drug-likeness (QED) is 0.844. The SMILES string of the molecule is CC(=O)N1CCN(c2ccc(OCC(=O)Nc3c(C)cc(C)cc3C)cc2)CC1. The van der Waals surface area contributed by atoms with Crippen molar-refractivity contribution in [2.24, 2.45) is 0 Å². The number of carbonyl (C=O) groups excluding carboxylic acids is 2. The van der Waals surface area contributed by atoms with Crippen molar-refractivity contribution >= 4 is 23.2 Å². The van der Waals surface area contributed by atoms with Crippen LogP contribution in [0.1, 0.15) is 23.6 Å². The summed E-state index contributed by atoms with van der Waals surface area (Å²) in [6, 6.07) is 11.8. The zero-order valence-corrected chi connectivity index (χ0v) is 17.6. The number of ether oxygens (including phenoxy) is 1. The molecular formula is C23H29N3O3. The van der Waals surface area contributed by atoms with E-state index < -0.39 is 0 Å². The van der Waals surface area contributed by atoms with Crippen LogP contribution in [0.4, 0.5) is 11.4 Å². The summed E-state index contributed by atoms with van der Waals surface area (Å²) in [7, 11) is 0. The molecule has 0 spiro atoms. The van der Waals surface area contributed by atoms with Gasteiger partial charge in [-0.3, -0.25) is 9.59 Å². The molecule has 2 aromatic carbocycles. The molecule has 1 aliphatic heterocycles. The molecule has 3 rings (SSSR count). The lowest BCUT2D eigenvalue weighted by Crippen LogP contribution is -2.48. The van der Waals surface area contributed by atoms with Crippen LogP contribution in [-0.4, -0.2) is 49.5 Å². The molecule has 1 aliphatic rings. The van der Waals surface area contributed by atoms with Gasteiger partial charge >= 0.3 is 0 Å². The summed E-state index contributed by atoms with van der Waals surface area (Å²) in [6.45, 7) is 10.7. The van der Waals surface area contributed by atoms with Gasteiger partial charge in [0.2, 0.25) is 5.91 Å². The molecule has 0 radical (unpaired) electrons. The first-order chi connectivity index (χ1) is 13.8. The Morgan fingerprint density at radius 1 is 0.966 bits per heavy atom. The van der Waals surface area contributed by atoms with Crippen LogP contribution in [0.3, 0.4) is 0 Å². The van der Waals surface area contributed by atoms with E-state index in [-0.39, 0.29) is 18.4 Å². The highest BCUT2D eigenvalue weighted by Crippen LogP contribution is 2.23. The van der Waals surface area contributed by atoms with E-state index in [0.717, 1.165) is 48.7 Å². The molecule has 0 unspecified atom stereocenters. The number of piperazine rings is 1. The van der Waals surface area contributed by atoms with Crippen LogP contribution < -0.4 is 15.0 Å². The molecule has 0 aromatic heterocycles. The van der Waals surface area contributed by atoms with Gasteiger partial charge in [-0.05, 0) is 56.2 Å². The summed E-state index contributed by atoms with van der Waals surface area (Å²) in [5.74, 6) is 0.607. The molecule has 6 heteroatoms. The van der Waals surface area contributed by atoms with Gasteiger partial charge in [0.15, 0.2) is 6.61 Å². The molecule has 1 heterocycles. The van der Waals surface area contributed by atoms with E-state index in [1.807, 2.05) is 49.9 Å². The molecule has 2 amide bonds. The Kier molecular flexibility index (Phi) is 6.42. The molecule has 154 valence electrons. The van der Waals surface area contributed by atoms with Gasteiger partial charge in [-0.2, -0.15) is 0 Å². The second kappa shape index (κ2) is 8.99. The van der Waals surface area contributed by atoms with Gasteiger partial charge < -0.3 is 19.9 Å². The summed E-state index contributed by atoms with van der Waals surface area (Å²) >= 11 is 0. The Morgan fingerprint density at radius 3 is 2.10 bits per heavy atom. The minimum Gasteiger partial charge on any atom is -0.484 e. The summed E-state index contributed by atoms with van der Waals surface area (Å²) < 4.78 is 5.65. The topological polar surface area (TPSA) is 61.9 Å². The molecule has 0 saturated carbocycles. The highest BCUT2D eigenvalue weighted by molar-refractivity contribution is 5.93. The lowest BCUT2D eigenvalue weighted by molar-refractivity contribution is -0.129. The highest BCUT2D eigenvalue weighted by Gasteiger charge is 2.18. The number of rotatable bonds is 5. The maximum Gasteiger partial charge on any atom is 0.262 e. The van der Waals surface area contributed by atoms with Gasteiger partial charge in [-0.25, -0.2) is 0 Å². The van der Waals surface area contributed by atoms with Gasteiger partial charge in [0.1, 0.15) is 5.75 Å². The zero-order valence-electron chi connectivity index (χ0n) is 17.6. The number of carbonyl (C=O) groups is 2. The van der Waals surface area contributed by atoms with Crippen molar-refractivity contribution in [3.63, 3.8) is 0 Å². The summed E-state index contributed by atoms with van der Waals surface area (Å²) in [6.07, 6.45) is 0. The van der Waals surface area contributed by atoms with E-state index in [1.54, 1.807) is 6.92 Å². The van der Waals surface area contributed by atoms with E-state index >= 15 is 0 Å². The second-order valence-corrected chi connectivity index (χ2v) is 7.60. The smallest absolute Gasteiger partial charge is 0.262 e. The van der Waals surface area contributed by atoms with Crippen LogP contribution in [-0.2, 0) is 9.59 Å². The number of benzene rings is 2. The number of nitrogens with one attached hydrogen (secondary N) is 1. The third-order valence-electron chi connectivity index (χ3n) is 5.24. The van der Waals surface area contributed by atoms with E-state index in [9.17, 15) is 9.59 Å². The van der Waals surface area contributed by atoms with E-state index in [2.05, 4.69) is 22.3 Å². The minimum absolute atomic E-state index is 0.0383. The average Bonchev–Trinajstić information content (AvgIpc) is 2.69. The Labute approximate surface area is 172 Å². The lowest BCUT2D eigenvalue weighted by atomic mass is 10.1. The van der Waals surface area contributed by atoms with Crippen LogP contribution in [0.5, 0.6) is 5.75 Å². The minimum atomic E-state index is -0.176. The first-order valence-electron chi connectivity index (χ1n) is 9.94. The van der Waals surface area contributed by atoms with Gasteiger partial charge in [-0.1, -0.05) is 17.7 Å². The van der Waals surface area contributed by atoms with Gasteiger partial charge in [0, 0.05) is 44.5 Å². The van der Waals surface area contributed by atoms with E-state index in [1.165, 1.54) is 5.56 Å². The largest absolute Gasteiger partial charge is 0.484 e. The number of aryl methyl sites for hydroxylation is 3. The number of amides is 2. The first-order valence-corrected chi connectivity index (χ1v) is 9.94. The predicted molar refractivity (Wildman–Crippen MR) is 116 cm³/mol. The second-order valence-electron chi connectivity index (χ2n) is 7.60. The van der Waals surface area contributed by atoms with Gasteiger partial charge in [0.05, 0.1) is 0 Å². The van der Waals surface area contributed by atoms with E-state index in [0.29, 0.717) is 5.75 Å². The molecule has 6 nitrogen and oxygen atoms in total. The Bertz CT molecular complexity index is 862. The zero-order chi connectivity index (χ0) is 21.0. The van der Waals surface area contributed by atoms with Crippen molar-refractivity contribution in [3.05, 3.63) is 53.1 Å². The van der Waals surface area contributed by atoms with Crippen molar-refractivity contribution in [3.8, 4) is 5.75 Å². The Hall–Kier alpha value is -3.02. The number of hydrogen-bond donors (Lipinski definition) is 1. The Morgan fingerprint density at radius 2 is 1.55 bits per heavy atom. The maximum absolute atomic E-state index is 12.3. The van der Waals surface area contributed by atoms with Gasteiger partial charge in [-0.15, -0.1) is 0 Å². The summed E-state index contributed by atoms with van der Waals surface area (Å²) in [5, 5.41) is 2.95. The first kappa shape index (κ1) is 20.7. The third-order valence-corrected chi connectivity index (χ3v) is 5.24. The number of hydrogen-bond acceptors (Lipinski definition) is 4. The van der Waals surface area contributed by atoms with Gasteiger partial charge in [0.25, 0.3) is 5.91 Å². The fourth-order valence-corrected chi connectivity index (χ4v) is 3.73. The summed E-state index contributed by atoms with van der Waals surface area (Å²) in [4.78, 5) is 27.9. The number of anilines is 2. The van der Waals surface area contributed by atoms with Crippen molar-refractivity contribution < 1.29 is 14.3 Å². The maximum atomic E-state index is 12.3. The normalized spacial score (nSPS) is 13.9. The van der Waals surface area contributed by atoms with Crippen LogP contribution >= 0.6 is 0 Å². The molecule has 2 aromatic rings. The fraction of sp³-hybridized carbons (Fsp3) is 0.391. The average molecular weight is 396 g/mol. The van der Waals surface area contributed by atoms with Crippen molar-refractivity contribution in [2.45, 2.75) is 27.7 Å². The van der Waals surface area contributed by atoms with Crippen molar-refractivity contribution in [2.75, 3.05) is 43.0 Å².